The van der Waals surface area contributed by atoms with Gasteiger partial charge in [0.25, 0.3) is 0 Å². The zero-order valence-corrected chi connectivity index (χ0v) is 17.7. The third kappa shape index (κ3) is 4.03. The number of hydrogen-bond acceptors (Lipinski definition) is 4. The summed E-state index contributed by atoms with van der Waals surface area (Å²) in [5, 5.41) is 11.2. The van der Waals surface area contributed by atoms with Gasteiger partial charge >= 0.3 is 0 Å². The van der Waals surface area contributed by atoms with E-state index in [1.54, 1.807) is 26.0 Å². The second-order valence-corrected chi connectivity index (χ2v) is 9.71. The molecule has 0 aromatic heterocycles. The van der Waals surface area contributed by atoms with Crippen LogP contribution in [-0.2, 0) is 21.2 Å². The zero-order valence-electron chi connectivity index (χ0n) is 16.2. The Balaban J connectivity index is 1.99. The van der Waals surface area contributed by atoms with Crippen LogP contribution in [0.25, 0.3) is 0 Å². The molecule has 0 amide bonds. The molecule has 1 N–H and O–H groups in total. The summed E-state index contributed by atoms with van der Waals surface area (Å²) >= 11 is 5.90. The summed E-state index contributed by atoms with van der Waals surface area (Å²) in [6.07, 6.45) is -1.30. The van der Waals surface area contributed by atoms with Crippen LogP contribution >= 0.6 is 11.6 Å². The van der Waals surface area contributed by atoms with E-state index in [4.69, 9.17) is 16.3 Å². The van der Waals surface area contributed by atoms with Gasteiger partial charge in [-0.25, -0.2) is 8.42 Å². The lowest BCUT2D eigenvalue weighted by Gasteiger charge is -2.39. The van der Waals surface area contributed by atoms with Crippen LogP contribution in [0.15, 0.2) is 70.0 Å². The van der Waals surface area contributed by atoms with Gasteiger partial charge in [-0.3, -0.25) is 0 Å². The van der Waals surface area contributed by atoms with E-state index < -0.39 is 28.0 Å². The summed E-state index contributed by atoms with van der Waals surface area (Å²) in [4.78, 5) is 0.403. The molecule has 0 radical (unpaired) electrons. The highest BCUT2D eigenvalue weighted by molar-refractivity contribution is 7.95. The van der Waals surface area contributed by atoms with Gasteiger partial charge in [-0.15, -0.1) is 0 Å². The predicted molar refractivity (Wildman–Crippen MR) is 111 cm³/mol. The molecular weight excluding hydrogens is 396 g/mol. The summed E-state index contributed by atoms with van der Waals surface area (Å²) in [6.45, 7) is 5.78. The number of hydrogen-bond donors (Lipinski definition) is 1. The predicted octanol–water partition coefficient (Wildman–Crippen LogP) is 4.62. The fourth-order valence-corrected chi connectivity index (χ4v) is 5.96. The van der Waals surface area contributed by atoms with Crippen molar-refractivity contribution >= 4 is 21.4 Å². The van der Waals surface area contributed by atoms with Gasteiger partial charge in [-0.1, -0.05) is 55.8 Å². The second kappa shape index (κ2) is 8.37. The minimum atomic E-state index is -3.77. The molecule has 6 heteroatoms. The molecule has 1 aliphatic carbocycles. The largest absolute Gasteiger partial charge is 0.392 e. The monoisotopic (exact) mass is 420 g/mol. The van der Waals surface area contributed by atoms with E-state index >= 15 is 0 Å². The maximum atomic E-state index is 13.3. The van der Waals surface area contributed by atoms with Crippen molar-refractivity contribution in [2.24, 2.45) is 11.8 Å². The SMILES string of the molecule is CC1=C(S(=O)(=O)c2ccc(Cl)cc2)[C@H](C)[C@@H](O)[C@H](C)[C@@H]1OCc1ccccc1. The topological polar surface area (TPSA) is 63.6 Å². The first kappa shape index (κ1) is 21.1. The molecule has 0 unspecified atom stereocenters. The molecule has 3 rings (SSSR count). The smallest absolute Gasteiger partial charge is 0.203 e. The number of sulfone groups is 1. The van der Waals surface area contributed by atoms with Gasteiger partial charge in [0.15, 0.2) is 0 Å². The molecule has 4 atom stereocenters. The Morgan fingerprint density at radius 2 is 1.64 bits per heavy atom. The molecule has 0 heterocycles. The molecule has 0 spiro atoms. The van der Waals surface area contributed by atoms with Gasteiger partial charge in [0, 0.05) is 16.9 Å². The number of benzene rings is 2. The number of aliphatic hydroxyl groups is 1. The van der Waals surface area contributed by atoms with Crippen molar-refractivity contribution in [3.05, 3.63) is 75.7 Å². The van der Waals surface area contributed by atoms with Crippen molar-refractivity contribution in [1.29, 1.82) is 0 Å². The van der Waals surface area contributed by atoms with Crippen molar-refractivity contribution < 1.29 is 18.3 Å². The number of ether oxygens (including phenoxy) is 1. The average molecular weight is 421 g/mol. The van der Waals surface area contributed by atoms with E-state index in [1.807, 2.05) is 37.3 Å². The van der Waals surface area contributed by atoms with Crippen LogP contribution in [0.2, 0.25) is 5.02 Å². The van der Waals surface area contributed by atoms with Crippen LogP contribution in [0.3, 0.4) is 0 Å². The molecule has 0 saturated heterocycles. The maximum absolute atomic E-state index is 13.3. The van der Waals surface area contributed by atoms with Crippen LogP contribution in [0.4, 0.5) is 0 Å². The third-order valence-corrected chi connectivity index (χ3v) is 7.86. The quantitative estimate of drug-likeness (QED) is 0.766. The van der Waals surface area contributed by atoms with E-state index in [0.717, 1.165) is 5.56 Å². The van der Waals surface area contributed by atoms with Crippen molar-refractivity contribution in [2.45, 2.75) is 44.5 Å². The highest BCUT2D eigenvalue weighted by atomic mass is 35.5. The molecule has 2 aromatic carbocycles. The second-order valence-electron chi connectivity index (χ2n) is 7.36. The summed E-state index contributed by atoms with van der Waals surface area (Å²) in [5.41, 5.74) is 1.65. The molecule has 0 aliphatic heterocycles. The summed E-state index contributed by atoms with van der Waals surface area (Å²) in [6, 6.07) is 15.8. The fourth-order valence-electron chi connectivity index (χ4n) is 3.92. The molecule has 150 valence electrons. The Labute approximate surface area is 171 Å². The van der Waals surface area contributed by atoms with Gasteiger partial charge in [0.1, 0.15) is 0 Å². The molecule has 0 bridgehead atoms. The fraction of sp³-hybridized carbons (Fsp3) is 0.364. The lowest BCUT2D eigenvalue weighted by atomic mass is 9.79. The first-order valence-corrected chi connectivity index (χ1v) is 11.1. The van der Waals surface area contributed by atoms with Gasteiger partial charge in [0.05, 0.1) is 28.6 Å². The lowest BCUT2D eigenvalue weighted by Crippen LogP contribution is -2.43. The minimum absolute atomic E-state index is 0.168. The van der Waals surface area contributed by atoms with Crippen molar-refractivity contribution in [1.82, 2.24) is 0 Å². The van der Waals surface area contributed by atoms with Crippen molar-refractivity contribution in [3.8, 4) is 0 Å². The third-order valence-electron chi connectivity index (χ3n) is 5.44. The Hall–Kier alpha value is -1.66. The first-order valence-electron chi connectivity index (χ1n) is 9.28. The molecule has 4 nitrogen and oxygen atoms in total. The lowest BCUT2D eigenvalue weighted by molar-refractivity contribution is -0.0402. The molecule has 0 fully saturated rings. The van der Waals surface area contributed by atoms with Crippen LogP contribution in [-0.4, -0.2) is 25.7 Å². The Kier molecular flexibility index (Phi) is 6.30. The molecule has 2 aromatic rings. The maximum Gasteiger partial charge on any atom is 0.203 e. The normalized spacial score (nSPS) is 25.8. The van der Waals surface area contributed by atoms with E-state index in [0.29, 0.717) is 17.2 Å². The highest BCUT2D eigenvalue weighted by Gasteiger charge is 2.43. The standard InChI is InChI=1S/C22H25ClO4S/c1-14-20(24)15(2)22(28(25,26)19-11-9-18(23)10-12-19)16(3)21(14)27-13-17-7-5-4-6-8-17/h4-12,14-15,20-21,24H,13H2,1-3H3/t14-,15+,20-,21-/m0/s1. The Morgan fingerprint density at radius 1 is 1.04 bits per heavy atom. The molecular formula is C22H25ClO4S. The van der Waals surface area contributed by atoms with Crippen molar-refractivity contribution in [2.75, 3.05) is 0 Å². The molecule has 0 saturated carbocycles. The zero-order chi connectivity index (χ0) is 20.5. The summed E-state index contributed by atoms with van der Waals surface area (Å²) < 4.78 is 32.7. The van der Waals surface area contributed by atoms with Gasteiger partial charge in [-0.2, -0.15) is 0 Å². The molecule has 28 heavy (non-hydrogen) atoms. The van der Waals surface area contributed by atoms with Gasteiger partial charge in [0.2, 0.25) is 9.84 Å². The van der Waals surface area contributed by atoms with Gasteiger partial charge < -0.3 is 9.84 Å². The van der Waals surface area contributed by atoms with E-state index in [2.05, 4.69) is 0 Å². The van der Waals surface area contributed by atoms with Crippen molar-refractivity contribution in [3.63, 3.8) is 0 Å². The Bertz CT molecular complexity index is 952. The minimum Gasteiger partial charge on any atom is -0.392 e. The van der Waals surface area contributed by atoms with Crippen LogP contribution in [0.5, 0.6) is 0 Å². The number of halogens is 1. The first-order chi connectivity index (χ1) is 13.2. The van der Waals surface area contributed by atoms with Crippen LogP contribution < -0.4 is 0 Å². The summed E-state index contributed by atoms with van der Waals surface area (Å²) in [5.74, 6) is -0.741. The van der Waals surface area contributed by atoms with Crippen LogP contribution in [0.1, 0.15) is 26.3 Å². The Morgan fingerprint density at radius 3 is 2.25 bits per heavy atom. The van der Waals surface area contributed by atoms with Crippen LogP contribution in [0, 0.1) is 11.8 Å². The van der Waals surface area contributed by atoms with E-state index in [1.165, 1.54) is 12.1 Å². The highest BCUT2D eigenvalue weighted by Crippen LogP contribution is 2.41. The van der Waals surface area contributed by atoms with E-state index in [-0.39, 0.29) is 15.7 Å². The van der Waals surface area contributed by atoms with E-state index in [9.17, 15) is 13.5 Å². The van der Waals surface area contributed by atoms with Gasteiger partial charge in [-0.05, 0) is 42.3 Å². The molecule has 1 aliphatic rings. The summed E-state index contributed by atoms with van der Waals surface area (Å²) in [7, 11) is -3.77. The number of aliphatic hydroxyl groups excluding tert-OH is 1. The average Bonchev–Trinajstić information content (AvgIpc) is 2.67. The number of rotatable bonds is 5.